The standard InChI is InChI=1S/C12H16N2S/c1-4-8-13-12(15)14-11-7-5-6-9(2)10(11)3/h4-7H,1,8H2,2-3H3,(H2,13,14,15). The summed E-state index contributed by atoms with van der Waals surface area (Å²) in [7, 11) is 0. The lowest BCUT2D eigenvalue weighted by molar-refractivity contribution is 1.06. The summed E-state index contributed by atoms with van der Waals surface area (Å²) in [5.74, 6) is 0. The van der Waals surface area contributed by atoms with Crippen molar-refractivity contribution in [3.8, 4) is 0 Å². The van der Waals surface area contributed by atoms with Gasteiger partial charge in [-0.3, -0.25) is 0 Å². The van der Waals surface area contributed by atoms with Crippen molar-refractivity contribution in [3.05, 3.63) is 42.0 Å². The molecule has 1 aromatic rings. The maximum absolute atomic E-state index is 5.13. The molecule has 15 heavy (non-hydrogen) atoms. The second-order valence-corrected chi connectivity index (χ2v) is 3.78. The lowest BCUT2D eigenvalue weighted by Crippen LogP contribution is -2.28. The molecular formula is C12H16N2S. The molecule has 1 aromatic carbocycles. The molecule has 2 nitrogen and oxygen atoms in total. The molecule has 2 N–H and O–H groups in total. The summed E-state index contributed by atoms with van der Waals surface area (Å²) in [5, 5.41) is 6.82. The van der Waals surface area contributed by atoms with E-state index in [1.54, 1.807) is 6.08 Å². The van der Waals surface area contributed by atoms with Gasteiger partial charge >= 0.3 is 0 Å². The van der Waals surface area contributed by atoms with E-state index in [0.29, 0.717) is 11.7 Å². The predicted octanol–water partition coefficient (Wildman–Crippen LogP) is 2.78. The van der Waals surface area contributed by atoms with E-state index in [2.05, 4.69) is 37.1 Å². The van der Waals surface area contributed by atoms with Gasteiger partial charge in [-0.1, -0.05) is 18.2 Å². The molecule has 0 aromatic heterocycles. The first-order valence-corrected chi connectivity index (χ1v) is 5.28. The molecule has 0 saturated carbocycles. The molecule has 0 radical (unpaired) electrons. The Morgan fingerprint density at radius 1 is 1.47 bits per heavy atom. The molecule has 0 unspecified atom stereocenters. The Balaban J connectivity index is 2.68. The maximum atomic E-state index is 5.13. The highest BCUT2D eigenvalue weighted by Gasteiger charge is 2.01. The third kappa shape index (κ3) is 3.36. The molecule has 0 aliphatic rings. The molecule has 1 rings (SSSR count). The zero-order valence-electron chi connectivity index (χ0n) is 9.13. The lowest BCUT2D eigenvalue weighted by atomic mass is 10.1. The van der Waals surface area contributed by atoms with Crippen LogP contribution in [-0.2, 0) is 0 Å². The fraction of sp³-hybridized carbons (Fsp3) is 0.250. The topological polar surface area (TPSA) is 24.1 Å². The monoisotopic (exact) mass is 220 g/mol. The lowest BCUT2D eigenvalue weighted by Gasteiger charge is -2.12. The fourth-order valence-corrected chi connectivity index (χ4v) is 1.41. The smallest absolute Gasteiger partial charge is 0.171 e. The van der Waals surface area contributed by atoms with E-state index in [4.69, 9.17) is 12.2 Å². The van der Waals surface area contributed by atoms with E-state index in [9.17, 15) is 0 Å². The molecule has 0 saturated heterocycles. The average Bonchev–Trinajstić information content (AvgIpc) is 2.22. The number of rotatable bonds is 3. The Morgan fingerprint density at radius 3 is 2.87 bits per heavy atom. The number of hydrogen-bond donors (Lipinski definition) is 2. The van der Waals surface area contributed by atoms with Crippen molar-refractivity contribution in [1.82, 2.24) is 5.32 Å². The summed E-state index contributed by atoms with van der Waals surface area (Å²) in [5.41, 5.74) is 3.53. The van der Waals surface area contributed by atoms with Crippen LogP contribution in [0.4, 0.5) is 5.69 Å². The second-order valence-electron chi connectivity index (χ2n) is 3.37. The Hall–Kier alpha value is -1.35. The summed E-state index contributed by atoms with van der Waals surface area (Å²) in [4.78, 5) is 0. The molecule has 0 atom stereocenters. The van der Waals surface area contributed by atoms with Crippen molar-refractivity contribution in [2.24, 2.45) is 0 Å². The van der Waals surface area contributed by atoms with Gasteiger partial charge in [-0.2, -0.15) is 0 Å². The Bertz CT molecular complexity index is 372. The third-order valence-electron chi connectivity index (χ3n) is 2.26. The van der Waals surface area contributed by atoms with Crippen LogP contribution in [-0.4, -0.2) is 11.7 Å². The van der Waals surface area contributed by atoms with Crippen molar-refractivity contribution < 1.29 is 0 Å². The van der Waals surface area contributed by atoms with Gasteiger partial charge < -0.3 is 10.6 Å². The van der Waals surface area contributed by atoms with Gasteiger partial charge in [-0.05, 0) is 43.3 Å². The molecule has 0 amide bonds. The quantitative estimate of drug-likeness (QED) is 0.605. The van der Waals surface area contributed by atoms with Crippen LogP contribution < -0.4 is 10.6 Å². The molecule has 0 aliphatic carbocycles. The molecule has 0 heterocycles. The number of anilines is 1. The number of benzene rings is 1. The summed E-state index contributed by atoms with van der Waals surface area (Å²) in [6.45, 7) is 8.46. The van der Waals surface area contributed by atoms with Gasteiger partial charge in [0.05, 0.1) is 0 Å². The van der Waals surface area contributed by atoms with E-state index in [-0.39, 0.29) is 0 Å². The van der Waals surface area contributed by atoms with Crippen LogP contribution in [0.1, 0.15) is 11.1 Å². The Labute approximate surface area is 96.4 Å². The fourth-order valence-electron chi connectivity index (χ4n) is 1.22. The minimum Gasteiger partial charge on any atom is -0.359 e. The third-order valence-corrected chi connectivity index (χ3v) is 2.51. The van der Waals surface area contributed by atoms with E-state index in [0.717, 1.165) is 5.69 Å². The van der Waals surface area contributed by atoms with Crippen molar-refractivity contribution >= 4 is 23.0 Å². The number of hydrogen-bond acceptors (Lipinski definition) is 1. The summed E-state index contributed by atoms with van der Waals surface area (Å²) in [6.07, 6.45) is 1.77. The molecule has 0 spiro atoms. The first kappa shape index (κ1) is 11.7. The Morgan fingerprint density at radius 2 is 2.20 bits per heavy atom. The van der Waals surface area contributed by atoms with E-state index in [1.807, 2.05) is 12.1 Å². The van der Waals surface area contributed by atoms with E-state index >= 15 is 0 Å². The predicted molar refractivity (Wildman–Crippen MR) is 70.3 cm³/mol. The number of thiocarbonyl (C=S) groups is 1. The van der Waals surface area contributed by atoms with Gasteiger partial charge in [0, 0.05) is 12.2 Å². The summed E-state index contributed by atoms with van der Waals surface area (Å²) < 4.78 is 0. The highest BCUT2D eigenvalue weighted by molar-refractivity contribution is 7.80. The van der Waals surface area contributed by atoms with Crippen LogP contribution >= 0.6 is 12.2 Å². The zero-order chi connectivity index (χ0) is 11.3. The Kier molecular flexibility index (Phi) is 4.31. The van der Waals surface area contributed by atoms with E-state index in [1.165, 1.54) is 11.1 Å². The highest BCUT2D eigenvalue weighted by atomic mass is 32.1. The molecule has 0 bridgehead atoms. The minimum absolute atomic E-state index is 0.628. The molecular weight excluding hydrogens is 204 g/mol. The van der Waals surface area contributed by atoms with Crippen molar-refractivity contribution in [3.63, 3.8) is 0 Å². The normalized spacial score (nSPS) is 9.47. The first-order valence-electron chi connectivity index (χ1n) is 4.87. The zero-order valence-corrected chi connectivity index (χ0v) is 9.95. The van der Waals surface area contributed by atoms with E-state index < -0.39 is 0 Å². The van der Waals surface area contributed by atoms with Crippen LogP contribution in [0.25, 0.3) is 0 Å². The second kappa shape index (κ2) is 5.51. The van der Waals surface area contributed by atoms with Gasteiger partial charge in [0.15, 0.2) is 5.11 Å². The molecule has 0 aliphatic heterocycles. The number of aryl methyl sites for hydroxylation is 1. The van der Waals surface area contributed by atoms with Crippen molar-refractivity contribution in [2.75, 3.05) is 11.9 Å². The molecule has 3 heteroatoms. The summed E-state index contributed by atoms with van der Waals surface area (Å²) in [6, 6.07) is 6.12. The van der Waals surface area contributed by atoms with Gasteiger partial charge in [-0.15, -0.1) is 6.58 Å². The van der Waals surface area contributed by atoms with Crippen LogP contribution in [0.3, 0.4) is 0 Å². The first-order chi connectivity index (χ1) is 7.15. The molecule has 80 valence electrons. The van der Waals surface area contributed by atoms with Gasteiger partial charge in [-0.25, -0.2) is 0 Å². The van der Waals surface area contributed by atoms with Crippen molar-refractivity contribution in [1.29, 1.82) is 0 Å². The van der Waals surface area contributed by atoms with Crippen molar-refractivity contribution in [2.45, 2.75) is 13.8 Å². The van der Waals surface area contributed by atoms with Crippen LogP contribution in [0, 0.1) is 13.8 Å². The minimum atomic E-state index is 0.628. The average molecular weight is 220 g/mol. The molecule has 0 fully saturated rings. The van der Waals surface area contributed by atoms with Crippen LogP contribution in [0.5, 0.6) is 0 Å². The largest absolute Gasteiger partial charge is 0.359 e. The van der Waals surface area contributed by atoms with Gasteiger partial charge in [0.1, 0.15) is 0 Å². The van der Waals surface area contributed by atoms with Gasteiger partial charge in [0.25, 0.3) is 0 Å². The van der Waals surface area contributed by atoms with Gasteiger partial charge in [0.2, 0.25) is 0 Å². The SMILES string of the molecule is C=CCNC(=S)Nc1cccc(C)c1C. The number of nitrogens with one attached hydrogen (secondary N) is 2. The summed E-state index contributed by atoms with van der Waals surface area (Å²) >= 11 is 5.13. The van der Waals surface area contributed by atoms with Crippen LogP contribution in [0.15, 0.2) is 30.9 Å². The highest BCUT2D eigenvalue weighted by Crippen LogP contribution is 2.17. The maximum Gasteiger partial charge on any atom is 0.171 e. The van der Waals surface area contributed by atoms with Crippen LogP contribution in [0.2, 0.25) is 0 Å².